The van der Waals surface area contributed by atoms with E-state index in [9.17, 15) is 0 Å². The molecule has 0 amide bonds. The van der Waals surface area contributed by atoms with Crippen molar-refractivity contribution in [3.05, 3.63) is 53.1 Å². The molecule has 0 aliphatic carbocycles. The molecule has 0 radical (unpaired) electrons. The van der Waals surface area contributed by atoms with E-state index in [1.807, 2.05) is 31.2 Å². The van der Waals surface area contributed by atoms with Gasteiger partial charge in [0.15, 0.2) is 11.9 Å². The number of benzene rings is 1. The van der Waals surface area contributed by atoms with Gasteiger partial charge in [-0.2, -0.15) is 0 Å². The third-order valence-corrected chi connectivity index (χ3v) is 3.99. The van der Waals surface area contributed by atoms with Gasteiger partial charge >= 0.3 is 0 Å². The molecule has 1 unspecified atom stereocenters. The van der Waals surface area contributed by atoms with Gasteiger partial charge in [0.05, 0.1) is 0 Å². The summed E-state index contributed by atoms with van der Waals surface area (Å²) in [5.41, 5.74) is 1.02. The summed E-state index contributed by atoms with van der Waals surface area (Å²) in [6.07, 6.45) is 4.45. The Balaban J connectivity index is 1.88. The molecule has 4 nitrogen and oxygen atoms in total. The van der Waals surface area contributed by atoms with Crippen molar-refractivity contribution in [3.63, 3.8) is 0 Å². The molecule has 5 heteroatoms. The van der Waals surface area contributed by atoms with E-state index in [0.717, 1.165) is 41.7 Å². The van der Waals surface area contributed by atoms with Crippen molar-refractivity contribution in [1.29, 1.82) is 0 Å². The van der Waals surface area contributed by atoms with Gasteiger partial charge in [-0.25, -0.2) is 9.97 Å². The van der Waals surface area contributed by atoms with E-state index >= 15 is 0 Å². The average Bonchev–Trinajstić information content (AvgIpc) is 3.01. The zero-order valence-corrected chi connectivity index (χ0v) is 12.7. The van der Waals surface area contributed by atoms with Gasteiger partial charge in [-0.15, -0.1) is 0 Å². The highest BCUT2D eigenvalue weighted by Crippen LogP contribution is 2.32. The van der Waals surface area contributed by atoms with Crippen molar-refractivity contribution in [1.82, 2.24) is 15.3 Å². The standard InChI is InChI=1S/C16H18ClN3O/c1-11-9-13(17)3-4-14(11)21-15(12-5-8-18-10-12)16-19-6-2-7-20-16/h2-4,6-7,9,12,15,18H,5,8,10H2,1H3/t12-,15?/m0/s1. The van der Waals surface area contributed by atoms with Gasteiger partial charge in [0.2, 0.25) is 0 Å². The van der Waals surface area contributed by atoms with Crippen LogP contribution in [-0.2, 0) is 0 Å². The Morgan fingerprint density at radius 1 is 1.33 bits per heavy atom. The second-order valence-corrected chi connectivity index (χ2v) is 5.74. The molecule has 1 aromatic carbocycles. The van der Waals surface area contributed by atoms with Crippen LogP contribution in [0.25, 0.3) is 0 Å². The molecule has 0 saturated carbocycles. The molecule has 2 aromatic rings. The first kappa shape index (κ1) is 14.3. The topological polar surface area (TPSA) is 47.0 Å². The fourth-order valence-electron chi connectivity index (χ4n) is 2.63. The fraction of sp³-hybridized carbons (Fsp3) is 0.375. The molecule has 1 saturated heterocycles. The highest BCUT2D eigenvalue weighted by molar-refractivity contribution is 6.30. The molecule has 2 heterocycles. The van der Waals surface area contributed by atoms with Crippen LogP contribution >= 0.6 is 11.6 Å². The van der Waals surface area contributed by atoms with E-state index in [-0.39, 0.29) is 6.10 Å². The van der Waals surface area contributed by atoms with Crippen molar-refractivity contribution >= 4 is 11.6 Å². The molecule has 0 spiro atoms. The summed E-state index contributed by atoms with van der Waals surface area (Å²) in [5.74, 6) is 1.95. The van der Waals surface area contributed by atoms with E-state index < -0.39 is 0 Å². The number of ether oxygens (including phenoxy) is 1. The highest BCUT2D eigenvalue weighted by Gasteiger charge is 2.30. The minimum atomic E-state index is -0.138. The minimum absolute atomic E-state index is 0.138. The quantitative estimate of drug-likeness (QED) is 0.942. The summed E-state index contributed by atoms with van der Waals surface area (Å²) < 4.78 is 6.25. The lowest BCUT2D eigenvalue weighted by molar-refractivity contribution is 0.134. The molecule has 3 rings (SSSR count). The lowest BCUT2D eigenvalue weighted by atomic mass is 10.0. The van der Waals surface area contributed by atoms with Crippen LogP contribution in [0.2, 0.25) is 5.02 Å². The molecule has 1 N–H and O–H groups in total. The van der Waals surface area contributed by atoms with Crippen LogP contribution in [0.3, 0.4) is 0 Å². The molecule has 1 aliphatic rings. The maximum absolute atomic E-state index is 6.25. The smallest absolute Gasteiger partial charge is 0.169 e. The molecule has 2 atom stereocenters. The Morgan fingerprint density at radius 3 is 2.81 bits per heavy atom. The van der Waals surface area contributed by atoms with Crippen LogP contribution in [0.4, 0.5) is 0 Å². The number of nitrogens with one attached hydrogen (secondary N) is 1. The summed E-state index contributed by atoms with van der Waals surface area (Å²) >= 11 is 6.01. The van der Waals surface area contributed by atoms with Crippen LogP contribution in [0.1, 0.15) is 23.9 Å². The SMILES string of the molecule is Cc1cc(Cl)ccc1OC(c1ncccn1)[C@H]1CCNC1. The maximum Gasteiger partial charge on any atom is 0.169 e. The Labute approximate surface area is 129 Å². The van der Waals surface area contributed by atoms with Crippen LogP contribution in [0.15, 0.2) is 36.7 Å². The van der Waals surface area contributed by atoms with Gasteiger partial charge in [-0.05, 0) is 49.7 Å². The summed E-state index contributed by atoms with van der Waals surface area (Å²) in [6, 6.07) is 7.49. The molecule has 110 valence electrons. The number of hydrogen-bond donors (Lipinski definition) is 1. The van der Waals surface area contributed by atoms with E-state index in [2.05, 4.69) is 15.3 Å². The third kappa shape index (κ3) is 3.34. The predicted molar refractivity (Wildman–Crippen MR) is 82.6 cm³/mol. The summed E-state index contributed by atoms with van der Waals surface area (Å²) in [7, 11) is 0. The first-order chi connectivity index (χ1) is 10.2. The number of aromatic nitrogens is 2. The Hall–Kier alpha value is -1.65. The van der Waals surface area contributed by atoms with Crippen molar-refractivity contribution < 1.29 is 4.74 Å². The summed E-state index contributed by atoms with van der Waals surface area (Å²) in [6.45, 7) is 3.93. The van der Waals surface area contributed by atoms with E-state index in [1.165, 1.54) is 0 Å². The molecular formula is C16H18ClN3O. The zero-order valence-electron chi connectivity index (χ0n) is 11.9. The predicted octanol–water partition coefficient (Wildman–Crippen LogP) is 3.17. The molecule has 0 bridgehead atoms. The number of hydrogen-bond acceptors (Lipinski definition) is 4. The van der Waals surface area contributed by atoms with Crippen molar-refractivity contribution in [3.8, 4) is 5.75 Å². The van der Waals surface area contributed by atoms with Crippen LogP contribution in [0, 0.1) is 12.8 Å². The van der Waals surface area contributed by atoms with Gasteiger partial charge in [-0.1, -0.05) is 11.6 Å². The Morgan fingerprint density at radius 2 is 2.14 bits per heavy atom. The largest absolute Gasteiger partial charge is 0.482 e. The van der Waals surface area contributed by atoms with Gasteiger partial charge < -0.3 is 10.1 Å². The lowest BCUT2D eigenvalue weighted by Gasteiger charge is -2.24. The number of halogens is 1. The van der Waals surface area contributed by atoms with E-state index in [1.54, 1.807) is 12.4 Å². The minimum Gasteiger partial charge on any atom is -0.482 e. The average molecular weight is 304 g/mol. The first-order valence-electron chi connectivity index (χ1n) is 7.14. The lowest BCUT2D eigenvalue weighted by Crippen LogP contribution is -2.23. The monoisotopic (exact) mass is 303 g/mol. The van der Waals surface area contributed by atoms with E-state index in [0.29, 0.717) is 5.92 Å². The molecule has 1 fully saturated rings. The highest BCUT2D eigenvalue weighted by atomic mass is 35.5. The van der Waals surface area contributed by atoms with Gasteiger partial charge in [0.25, 0.3) is 0 Å². The van der Waals surface area contributed by atoms with Crippen LogP contribution in [0.5, 0.6) is 5.75 Å². The third-order valence-electron chi connectivity index (χ3n) is 3.76. The summed E-state index contributed by atoms with van der Waals surface area (Å²) in [4.78, 5) is 8.75. The van der Waals surface area contributed by atoms with Gasteiger partial charge in [-0.3, -0.25) is 0 Å². The molecule has 1 aliphatic heterocycles. The normalized spacial score (nSPS) is 19.4. The molecular weight excluding hydrogens is 286 g/mol. The van der Waals surface area contributed by atoms with Gasteiger partial charge in [0, 0.05) is 29.9 Å². The summed E-state index contributed by atoms with van der Waals surface area (Å²) in [5, 5.41) is 4.09. The molecule has 1 aromatic heterocycles. The number of rotatable bonds is 4. The number of nitrogens with zero attached hydrogens (tertiary/aromatic N) is 2. The van der Waals surface area contributed by atoms with Gasteiger partial charge in [0.1, 0.15) is 5.75 Å². The number of aryl methyl sites for hydroxylation is 1. The zero-order chi connectivity index (χ0) is 14.7. The first-order valence-corrected chi connectivity index (χ1v) is 7.52. The van der Waals surface area contributed by atoms with E-state index in [4.69, 9.17) is 16.3 Å². The molecule has 21 heavy (non-hydrogen) atoms. The Bertz CT molecular complexity index is 600. The fourth-order valence-corrected chi connectivity index (χ4v) is 2.86. The van der Waals surface area contributed by atoms with Crippen molar-refractivity contribution in [2.24, 2.45) is 5.92 Å². The Kier molecular flexibility index (Phi) is 4.36. The van der Waals surface area contributed by atoms with Crippen molar-refractivity contribution in [2.75, 3.05) is 13.1 Å². The second kappa shape index (κ2) is 6.41. The second-order valence-electron chi connectivity index (χ2n) is 5.31. The maximum atomic E-state index is 6.25. The van der Waals surface area contributed by atoms with Crippen molar-refractivity contribution in [2.45, 2.75) is 19.4 Å². The van der Waals surface area contributed by atoms with Crippen LogP contribution in [-0.4, -0.2) is 23.1 Å². The van der Waals surface area contributed by atoms with Crippen LogP contribution < -0.4 is 10.1 Å².